The number of nitrogens with zero attached hydrogens (tertiary/aromatic N) is 3. The monoisotopic (exact) mass is 485 g/mol. The standard InChI is InChI=1S/C26H29ClFN3O3/c1-18-16-23(32)24(26(33)31(18)14-15-34-2)25(19-4-3-5-20(27)17-19)30-12-10-29(11-13-30)22-8-6-21(28)7-9-22/h3-9,16-17,25,32H,10-15H2,1-2H3/t25-/m0/s1. The minimum absolute atomic E-state index is 0.0258. The molecule has 1 aliphatic rings. The summed E-state index contributed by atoms with van der Waals surface area (Å²) in [6.07, 6.45) is 0. The molecule has 1 atom stereocenters. The highest BCUT2D eigenvalue weighted by atomic mass is 35.5. The Labute approximate surface area is 203 Å². The number of hydrogen-bond donors (Lipinski definition) is 1. The largest absolute Gasteiger partial charge is 0.507 e. The third kappa shape index (κ3) is 5.12. The number of piperazine rings is 1. The van der Waals surface area contributed by atoms with Crippen LogP contribution in [0.15, 0.2) is 59.4 Å². The van der Waals surface area contributed by atoms with Crippen molar-refractivity contribution in [3.8, 4) is 5.75 Å². The molecule has 180 valence electrons. The molecule has 6 nitrogen and oxygen atoms in total. The number of halogens is 2. The maximum atomic E-state index is 13.6. The summed E-state index contributed by atoms with van der Waals surface area (Å²) in [6, 6.07) is 15.1. The Morgan fingerprint density at radius 1 is 1.09 bits per heavy atom. The van der Waals surface area contributed by atoms with Gasteiger partial charge in [-0.1, -0.05) is 23.7 Å². The summed E-state index contributed by atoms with van der Waals surface area (Å²) in [6.45, 7) is 5.30. The van der Waals surface area contributed by atoms with E-state index >= 15 is 0 Å². The zero-order chi connectivity index (χ0) is 24.2. The first-order valence-corrected chi connectivity index (χ1v) is 11.7. The molecule has 1 saturated heterocycles. The number of pyridine rings is 1. The van der Waals surface area contributed by atoms with Crippen LogP contribution >= 0.6 is 11.6 Å². The molecule has 1 aliphatic heterocycles. The highest BCUT2D eigenvalue weighted by Crippen LogP contribution is 2.34. The van der Waals surface area contributed by atoms with Crippen LogP contribution in [0.1, 0.15) is 22.9 Å². The van der Waals surface area contributed by atoms with Gasteiger partial charge in [-0.3, -0.25) is 9.69 Å². The van der Waals surface area contributed by atoms with Gasteiger partial charge in [0.2, 0.25) is 0 Å². The highest BCUT2D eigenvalue weighted by molar-refractivity contribution is 6.30. The molecule has 2 heterocycles. The Balaban J connectivity index is 1.71. The van der Waals surface area contributed by atoms with Crippen molar-refractivity contribution >= 4 is 17.3 Å². The quantitative estimate of drug-likeness (QED) is 0.543. The van der Waals surface area contributed by atoms with Crippen LogP contribution in [0.4, 0.5) is 10.1 Å². The van der Waals surface area contributed by atoms with Crippen molar-refractivity contribution in [3.63, 3.8) is 0 Å². The number of aromatic hydroxyl groups is 1. The second-order valence-corrected chi connectivity index (χ2v) is 8.93. The number of aromatic nitrogens is 1. The van der Waals surface area contributed by atoms with Gasteiger partial charge in [0.05, 0.1) is 18.2 Å². The summed E-state index contributed by atoms with van der Waals surface area (Å²) in [5, 5.41) is 11.5. The Bertz CT molecular complexity index is 1190. The van der Waals surface area contributed by atoms with E-state index in [-0.39, 0.29) is 17.1 Å². The highest BCUT2D eigenvalue weighted by Gasteiger charge is 2.31. The molecule has 3 aromatic rings. The number of methoxy groups -OCH3 is 1. The molecule has 0 aliphatic carbocycles. The summed E-state index contributed by atoms with van der Waals surface area (Å²) in [5.74, 6) is -0.287. The minimum Gasteiger partial charge on any atom is -0.507 e. The van der Waals surface area contributed by atoms with Crippen molar-refractivity contribution in [1.29, 1.82) is 0 Å². The van der Waals surface area contributed by atoms with E-state index in [1.54, 1.807) is 42.9 Å². The lowest BCUT2D eigenvalue weighted by molar-refractivity contribution is 0.183. The van der Waals surface area contributed by atoms with Crippen LogP contribution in [-0.2, 0) is 11.3 Å². The molecule has 0 saturated carbocycles. The number of benzene rings is 2. The van der Waals surface area contributed by atoms with E-state index in [0.717, 1.165) is 11.3 Å². The fourth-order valence-corrected chi connectivity index (χ4v) is 4.81. The molecule has 1 fully saturated rings. The van der Waals surface area contributed by atoms with Crippen molar-refractivity contribution in [1.82, 2.24) is 9.47 Å². The molecule has 1 aromatic heterocycles. The molecule has 0 spiro atoms. The first-order valence-electron chi connectivity index (χ1n) is 11.3. The van der Waals surface area contributed by atoms with Gasteiger partial charge < -0.3 is 19.3 Å². The lowest BCUT2D eigenvalue weighted by Crippen LogP contribution is -2.49. The molecular formula is C26H29ClFN3O3. The normalized spacial score (nSPS) is 15.5. The first kappa shape index (κ1) is 24.3. The number of rotatable bonds is 7. The van der Waals surface area contributed by atoms with E-state index < -0.39 is 6.04 Å². The zero-order valence-corrected chi connectivity index (χ0v) is 20.1. The minimum atomic E-state index is -0.462. The van der Waals surface area contributed by atoms with Crippen LogP contribution in [0.3, 0.4) is 0 Å². The maximum Gasteiger partial charge on any atom is 0.259 e. The van der Waals surface area contributed by atoms with E-state index in [1.165, 1.54) is 12.1 Å². The van der Waals surface area contributed by atoms with Crippen LogP contribution < -0.4 is 10.5 Å². The van der Waals surface area contributed by atoms with Crippen LogP contribution in [0.5, 0.6) is 5.75 Å². The van der Waals surface area contributed by atoms with Crippen molar-refractivity contribution in [3.05, 3.63) is 92.6 Å². The number of anilines is 1. The van der Waals surface area contributed by atoms with Gasteiger partial charge in [0.15, 0.2) is 0 Å². The van der Waals surface area contributed by atoms with Crippen LogP contribution in [0.2, 0.25) is 5.02 Å². The first-order chi connectivity index (χ1) is 16.4. The van der Waals surface area contributed by atoms with Gasteiger partial charge in [0.25, 0.3) is 5.56 Å². The topological polar surface area (TPSA) is 57.9 Å². The Morgan fingerprint density at radius 2 is 1.79 bits per heavy atom. The SMILES string of the molecule is COCCn1c(C)cc(O)c([C@H](c2cccc(Cl)c2)N2CCN(c3ccc(F)cc3)CC2)c1=O. The summed E-state index contributed by atoms with van der Waals surface area (Å²) < 4.78 is 20.2. The van der Waals surface area contributed by atoms with E-state index in [2.05, 4.69) is 9.80 Å². The van der Waals surface area contributed by atoms with Crippen molar-refractivity contribution < 1.29 is 14.2 Å². The van der Waals surface area contributed by atoms with Crippen molar-refractivity contribution in [2.45, 2.75) is 19.5 Å². The molecular weight excluding hydrogens is 457 g/mol. The van der Waals surface area contributed by atoms with E-state index in [4.69, 9.17) is 16.3 Å². The molecule has 34 heavy (non-hydrogen) atoms. The van der Waals surface area contributed by atoms with Crippen molar-refractivity contribution in [2.24, 2.45) is 0 Å². The third-order valence-corrected chi connectivity index (χ3v) is 6.59. The molecule has 0 unspecified atom stereocenters. The average molecular weight is 486 g/mol. The van der Waals surface area contributed by atoms with Crippen molar-refractivity contribution in [2.75, 3.05) is 44.8 Å². The van der Waals surface area contributed by atoms with E-state index in [0.29, 0.717) is 55.6 Å². The lowest BCUT2D eigenvalue weighted by Gasteiger charge is -2.40. The van der Waals surface area contributed by atoms with Gasteiger partial charge in [0, 0.05) is 56.2 Å². The van der Waals surface area contributed by atoms with E-state index in [1.807, 2.05) is 18.2 Å². The molecule has 8 heteroatoms. The smallest absolute Gasteiger partial charge is 0.259 e. The van der Waals surface area contributed by atoms with E-state index in [9.17, 15) is 14.3 Å². The molecule has 4 rings (SSSR count). The summed E-state index contributed by atoms with van der Waals surface area (Å²) in [4.78, 5) is 18.0. The Morgan fingerprint density at radius 3 is 2.44 bits per heavy atom. The third-order valence-electron chi connectivity index (χ3n) is 6.35. The van der Waals surface area contributed by atoms with Gasteiger partial charge in [-0.2, -0.15) is 0 Å². The molecule has 0 amide bonds. The van der Waals surface area contributed by atoms with Gasteiger partial charge in [-0.25, -0.2) is 4.39 Å². The molecule has 0 radical (unpaired) electrons. The fraction of sp³-hybridized carbons (Fsp3) is 0.346. The summed E-state index contributed by atoms with van der Waals surface area (Å²) >= 11 is 6.32. The second kappa shape index (κ2) is 10.6. The van der Waals surface area contributed by atoms with Gasteiger partial charge >= 0.3 is 0 Å². The Hall–Kier alpha value is -2.87. The zero-order valence-electron chi connectivity index (χ0n) is 19.4. The predicted octanol–water partition coefficient (Wildman–Crippen LogP) is 4.21. The lowest BCUT2D eigenvalue weighted by atomic mass is 9.96. The van der Waals surface area contributed by atoms with Crippen LogP contribution in [-0.4, -0.2) is 54.5 Å². The van der Waals surface area contributed by atoms with Gasteiger partial charge in [-0.15, -0.1) is 0 Å². The molecule has 2 aromatic carbocycles. The number of aryl methyl sites for hydroxylation is 1. The van der Waals surface area contributed by atoms with Gasteiger partial charge in [-0.05, 0) is 55.0 Å². The summed E-state index contributed by atoms with van der Waals surface area (Å²) in [7, 11) is 1.59. The number of ether oxygens (including phenoxy) is 1. The van der Waals surface area contributed by atoms with Crippen LogP contribution in [0.25, 0.3) is 0 Å². The second-order valence-electron chi connectivity index (χ2n) is 8.49. The Kier molecular flexibility index (Phi) is 7.56. The van der Waals surface area contributed by atoms with Crippen LogP contribution in [0, 0.1) is 12.7 Å². The van der Waals surface area contributed by atoms with Gasteiger partial charge in [0.1, 0.15) is 11.6 Å². The molecule has 1 N–H and O–H groups in total. The summed E-state index contributed by atoms with van der Waals surface area (Å²) in [5.41, 5.74) is 2.58. The maximum absolute atomic E-state index is 13.6. The predicted molar refractivity (Wildman–Crippen MR) is 132 cm³/mol. The molecule has 0 bridgehead atoms. The average Bonchev–Trinajstić information content (AvgIpc) is 2.82. The fourth-order valence-electron chi connectivity index (χ4n) is 4.61. The number of hydrogen-bond acceptors (Lipinski definition) is 5.